The van der Waals surface area contributed by atoms with Crippen molar-refractivity contribution in [3.8, 4) is 17.1 Å². The van der Waals surface area contributed by atoms with Crippen LogP contribution in [-0.2, 0) is 23.1 Å². The maximum atomic E-state index is 12.0. The van der Waals surface area contributed by atoms with Crippen LogP contribution in [0.1, 0.15) is 5.56 Å². The van der Waals surface area contributed by atoms with Gasteiger partial charge in [0.1, 0.15) is 5.75 Å². The van der Waals surface area contributed by atoms with Crippen molar-refractivity contribution in [2.75, 3.05) is 11.9 Å². The lowest BCUT2D eigenvalue weighted by atomic mass is 10.1. The summed E-state index contributed by atoms with van der Waals surface area (Å²) in [5.41, 5.74) is 2.18. The highest BCUT2D eigenvalue weighted by molar-refractivity contribution is 6.39. The number of nitrogens with zero attached hydrogens (tertiary/aromatic N) is 4. The van der Waals surface area contributed by atoms with Gasteiger partial charge in [0.05, 0.1) is 7.05 Å². The lowest BCUT2D eigenvalue weighted by Gasteiger charge is -2.07. The van der Waals surface area contributed by atoms with Crippen LogP contribution in [0.15, 0.2) is 48.5 Å². The van der Waals surface area contributed by atoms with E-state index < -0.39 is 11.8 Å². The summed E-state index contributed by atoms with van der Waals surface area (Å²) in [4.78, 5) is 25.2. The third-order valence-electron chi connectivity index (χ3n) is 3.75. The average Bonchev–Trinajstić information content (AvgIpc) is 3.10. The van der Waals surface area contributed by atoms with Gasteiger partial charge in [0.25, 0.3) is 0 Å². The molecular formula is C18H18N6O3. The van der Waals surface area contributed by atoms with Gasteiger partial charge in [-0.2, -0.15) is 4.80 Å². The largest absolute Gasteiger partial charge is 0.508 e. The van der Waals surface area contributed by atoms with Crippen LogP contribution in [0.5, 0.6) is 5.75 Å². The molecule has 0 aliphatic heterocycles. The van der Waals surface area contributed by atoms with Gasteiger partial charge in [0.2, 0.25) is 5.82 Å². The number of phenolic OH excluding ortho intramolecular Hbond substituents is 1. The van der Waals surface area contributed by atoms with Crippen molar-refractivity contribution in [1.82, 2.24) is 25.5 Å². The molecular weight excluding hydrogens is 348 g/mol. The van der Waals surface area contributed by atoms with E-state index in [9.17, 15) is 14.7 Å². The zero-order valence-corrected chi connectivity index (χ0v) is 14.6. The lowest BCUT2D eigenvalue weighted by molar-refractivity contribution is -0.136. The average molecular weight is 366 g/mol. The van der Waals surface area contributed by atoms with Crippen molar-refractivity contribution in [3.05, 3.63) is 54.1 Å². The van der Waals surface area contributed by atoms with E-state index in [4.69, 9.17) is 0 Å². The molecule has 3 N–H and O–H groups in total. The number of benzene rings is 2. The molecule has 0 bridgehead atoms. The first-order valence-electron chi connectivity index (χ1n) is 8.23. The van der Waals surface area contributed by atoms with Gasteiger partial charge in [0, 0.05) is 17.8 Å². The Balaban J connectivity index is 1.49. The molecule has 1 heterocycles. The highest BCUT2D eigenvalue weighted by Crippen LogP contribution is 2.17. The van der Waals surface area contributed by atoms with Gasteiger partial charge in [-0.3, -0.25) is 9.59 Å². The molecule has 0 aliphatic carbocycles. The fraction of sp³-hybridized carbons (Fsp3) is 0.167. The van der Waals surface area contributed by atoms with Gasteiger partial charge in [-0.25, -0.2) is 0 Å². The second-order valence-electron chi connectivity index (χ2n) is 5.81. The quantitative estimate of drug-likeness (QED) is 0.576. The lowest BCUT2D eigenvalue weighted by Crippen LogP contribution is -2.36. The number of carbonyl (C=O) groups excluding carboxylic acids is 2. The second-order valence-corrected chi connectivity index (χ2v) is 5.81. The van der Waals surface area contributed by atoms with Crippen molar-refractivity contribution < 1.29 is 14.7 Å². The number of phenols is 1. The first-order chi connectivity index (χ1) is 13.0. The molecule has 3 rings (SSSR count). The Labute approximate surface area is 155 Å². The number of aryl methyl sites for hydroxylation is 1. The minimum atomic E-state index is -0.744. The number of tetrazole rings is 1. The van der Waals surface area contributed by atoms with Crippen LogP contribution >= 0.6 is 0 Å². The highest BCUT2D eigenvalue weighted by atomic mass is 16.3. The molecule has 2 aromatic carbocycles. The van der Waals surface area contributed by atoms with E-state index in [0.717, 1.165) is 11.1 Å². The van der Waals surface area contributed by atoms with Crippen LogP contribution in [0.3, 0.4) is 0 Å². The van der Waals surface area contributed by atoms with Crippen LogP contribution in [-0.4, -0.2) is 43.7 Å². The first kappa shape index (κ1) is 18.1. The summed E-state index contributed by atoms with van der Waals surface area (Å²) < 4.78 is 0. The monoisotopic (exact) mass is 366 g/mol. The van der Waals surface area contributed by atoms with Crippen LogP contribution < -0.4 is 10.6 Å². The molecule has 27 heavy (non-hydrogen) atoms. The first-order valence-corrected chi connectivity index (χ1v) is 8.23. The van der Waals surface area contributed by atoms with E-state index >= 15 is 0 Å². The summed E-state index contributed by atoms with van der Waals surface area (Å²) >= 11 is 0. The summed E-state index contributed by atoms with van der Waals surface area (Å²) in [6.45, 7) is 0.314. The number of aromatic nitrogens is 4. The SMILES string of the molecule is Cn1nnc(-c2ccc(NC(=O)C(=O)NCCc3ccc(O)cc3)cc2)n1. The normalized spacial score (nSPS) is 10.4. The molecule has 2 amide bonds. The molecule has 138 valence electrons. The number of amides is 2. The molecule has 9 heteroatoms. The maximum Gasteiger partial charge on any atom is 0.313 e. The fourth-order valence-electron chi connectivity index (χ4n) is 2.35. The third-order valence-corrected chi connectivity index (χ3v) is 3.75. The van der Waals surface area contributed by atoms with E-state index in [0.29, 0.717) is 24.5 Å². The van der Waals surface area contributed by atoms with Gasteiger partial charge in [-0.1, -0.05) is 12.1 Å². The molecule has 0 saturated carbocycles. The molecule has 0 saturated heterocycles. The topological polar surface area (TPSA) is 122 Å². The van der Waals surface area contributed by atoms with Crippen LogP contribution in [0.4, 0.5) is 5.69 Å². The maximum absolute atomic E-state index is 12.0. The van der Waals surface area contributed by atoms with Crippen molar-refractivity contribution in [2.24, 2.45) is 7.05 Å². The van der Waals surface area contributed by atoms with Crippen molar-refractivity contribution in [2.45, 2.75) is 6.42 Å². The highest BCUT2D eigenvalue weighted by Gasteiger charge is 2.13. The summed E-state index contributed by atoms with van der Waals surface area (Å²) in [7, 11) is 1.67. The molecule has 3 aromatic rings. The molecule has 1 aromatic heterocycles. The Kier molecular flexibility index (Phi) is 5.41. The zero-order valence-electron chi connectivity index (χ0n) is 14.6. The van der Waals surface area contributed by atoms with Crippen molar-refractivity contribution in [1.29, 1.82) is 0 Å². The third kappa shape index (κ3) is 4.88. The zero-order chi connectivity index (χ0) is 19.2. The Morgan fingerprint density at radius 1 is 1.04 bits per heavy atom. The smallest absolute Gasteiger partial charge is 0.313 e. The fourth-order valence-corrected chi connectivity index (χ4v) is 2.35. The minimum absolute atomic E-state index is 0.184. The van der Waals surface area contributed by atoms with Crippen molar-refractivity contribution >= 4 is 17.5 Å². The number of nitrogens with one attached hydrogen (secondary N) is 2. The predicted molar refractivity (Wildman–Crippen MR) is 97.7 cm³/mol. The van der Waals surface area contributed by atoms with Crippen molar-refractivity contribution in [3.63, 3.8) is 0 Å². The van der Waals surface area contributed by atoms with Crippen LogP contribution in [0.2, 0.25) is 0 Å². The number of hydrogen-bond acceptors (Lipinski definition) is 6. The number of carbonyl (C=O) groups is 2. The number of anilines is 1. The summed E-state index contributed by atoms with van der Waals surface area (Å²) in [6, 6.07) is 13.4. The van der Waals surface area contributed by atoms with E-state index in [1.165, 1.54) is 4.80 Å². The minimum Gasteiger partial charge on any atom is -0.508 e. The summed E-state index contributed by atoms with van der Waals surface area (Å²) in [5, 5.41) is 26.1. The molecule has 9 nitrogen and oxygen atoms in total. The van der Waals surface area contributed by atoms with Gasteiger partial charge < -0.3 is 15.7 Å². The Morgan fingerprint density at radius 3 is 2.37 bits per heavy atom. The molecule has 0 radical (unpaired) electrons. The van der Waals surface area contributed by atoms with Gasteiger partial charge in [0.15, 0.2) is 0 Å². The molecule has 0 atom stereocenters. The Morgan fingerprint density at radius 2 is 1.74 bits per heavy atom. The summed E-state index contributed by atoms with van der Waals surface area (Å²) in [5.74, 6) is -0.801. The van der Waals surface area contributed by atoms with Gasteiger partial charge in [-0.05, 0) is 53.6 Å². The van der Waals surface area contributed by atoms with Gasteiger partial charge >= 0.3 is 11.8 Å². The predicted octanol–water partition coefficient (Wildman–Crippen LogP) is 0.880. The van der Waals surface area contributed by atoms with E-state index in [2.05, 4.69) is 26.0 Å². The van der Waals surface area contributed by atoms with Crippen LogP contribution in [0, 0.1) is 0 Å². The van der Waals surface area contributed by atoms with Crippen LogP contribution in [0.25, 0.3) is 11.4 Å². The molecule has 0 fully saturated rings. The number of hydrogen-bond donors (Lipinski definition) is 3. The molecule has 0 aliphatic rings. The van der Waals surface area contributed by atoms with Gasteiger partial charge in [-0.15, -0.1) is 10.2 Å². The Hall–Kier alpha value is -3.75. The standard InChI is InChI=1S/C18H18N6O3/c1-24-22-16(21-23-24)13-4-6-14(7-5-13)20-18(27)17(26)19-11-10-12-2-8-15(25)9-3-12/h2-9,25H,10-11H2,1H3,(H,19,26)(H,20,27). The van der Waals surface area contributed by atoms with E-state index in [1.807, 2.05) is 0 Å². The number of rotatable bonds is 5. The van der Waals surface area contributed by atoms with E-state index in [1.54, 1.807) is 55.6 Å². The summed E-state index contributed by atoms with van der Waals surface area (Å²) in [6.07, 6.45) is 0.555. The Bertz CT molecular complexity index is 934. The molecule has 0 unspecified atom stereocenters. The second kappa shape index (κ2) is 8.09. The van der Waals surface area contributed by atoms with E-state index in [-0.39, 0.29) is 5.75 Å². The number of aromatic hydroxyl groups is 1. The molecule has 0 spiro atoms.